The number of benzene rings is 1. The number of carboxylic acid groups (broad SMARTS) is 1. The molecule has 1 aromatic carbocycles. The first-order valence-electron chi connectivity index (χ1n) is 6.07. The lowest BCUT2D eigenvalue weighted by molar-refractivity contribution is 0.0694. The molecule has 0 saturated carbocycles. The van der Waals surface area contributed by atoms with Crippen LogP contribution in [0.3, 0.4) is 0 Å². The van der Waals surface area contributed by atoms with E-state index >= 15 is 0 Å². The van der Waals surface area contributed by atoms with Crippen LogP contribution in [0.4, 0.5) is 4.39 Å². The van der Waals surface area contributed by atoms with Crippen molar-refractivity contribution < 1.29 is 14.3 Å². The Morgan fingerprint density at radius 1 is 1.40 bits per heavy atom. The number of halogens is 1. The standard InChI is InChI=1S/C14H13FN2O2S/c1-2-11-9(14(18)19)7-16-13(17-11)8-20-12-6-4-3-5-10(12)15/h3-7H,2,8H2,1H3,(H,18,19). The van der Waals surface area contributed by atoms with Crippen LogP contribution >= 0.6 is 11.8 Å². The SMILES string of the molecule is CCc1nc(CSc2ccccc2F)ncc1C(=O)O. The minimum atomic E-state index is -1.03. The number of aromatic nitrogens is 2. The first-order chi connectivity index (χ1) is 9.61. The summed E-state index contributed by atoms with van der Waals surface area (Å²) in [7, 11) is 0. The molecule has 0 aliphatic rings. The summed E-state index contributed by atoms with van der Waals surface area (Å²) in [5.74, 6) is -0.418. The van der Waals surface area contributed by atoms with Crippen molar-refractivity contribution in [3.05, 3.63) is 53.4 Å². The van der Waals surface area contributed by atoms with Gasteiger partial charge in [0, 0.05) is 11.1 Å². The summed E-state index contributed by atoms with van der Waals surface area (Å²) >= 11 is 1.29. The lowest BCUT2D eigenvalue weighted by Crippen LogP contribution is -2.07. The second-order valence-electron chi connectivity index (χ2n) is 4.02. The van der Waals surface area contributed by atoms with Crippen LogP contribution in [0.2, 0.25) is 0 Å². The molecule has 0 radical (unpaired) electrons. The Labute approximate surface area is 120 Å². The Hall–Kier alpha value is -1.95. The van der Waals surface area contributed by atoms with Gasteiger partial charge in [0.1, 0.15) is 11.6 Å². The predicted molar refractivity (Wildman–Crippen MR) is 74.3 cm³/mol. The van der Waals surface area contributed by atoms with Crippen LogP contribution in [-0.4, -0.2) is 21.0 Å². The molecule has 1 heterocycles. The van der Waals surface area contributed by atoms with Crippen molar-refractivity contribution in [3.8, 4) is 0 Å². The van der Waals surface area contributed by atoms with Gasteiger partial charge in [-0.05, 0) is 18.6 Å². The highest BCUT2D eigenvalue weighted by molar-refractivity contribution is 7.98. The van der Waals surface area contributed by atoms with Crippen molar-refractivity contribution in [2.24, 2.45) is 0 Å². The monoisotopic (exact) mass is 292 g/mol. The summed E-state index contributed by atoms with van der Waals surface area (Å²) in [6.45, 7) is 1.84. The lowest BCUT2D eigenvalue weighted by atomic mass is 10.2. The third kappa shape index (κ3) is 3.33. The molecule has 0 aliphatic carbocycles. The largest absolute Gasteiger partial charge is 0.478 e. The van der Waals surface area contributed by atoms with Crippen molar-refractivity contribution in [2.45, 2.75) is 24.0 Å². The summed E-state index contributed by atoms with van der Waals surface area (Å²) in [5.41, 5.74) is 0.615. The number of carbonyl (C=O) groups is 1. The lowest BCUT2D eigenvalue weighted by Gasteiger charge is -2.06. The Kier molecular flexibility index (Phi) is 4.68. The fourth-order valence-corrected chi connectivity index (χ4v) is 2.48. The molecule has 104 valence electrons. The van der Waals surface area contributed by atoms with Crippen molar-refractivity contribution in [2.75, 3.05) is 0 Å². The maximum absolute atomic E-state index is 13.5. The highest BCUT2D eigenvalue weighted by atomic mass is 32.2. The van der Waals surface area contributed by atoms with E-state index in [9.17, 15) is 9.18 Å². The predicted octanol–water partition coefficient (Wildman–Crippen LogP) is 3.17. The van der Waals surface area contributed by atoms with E-state index in [0.29, 0.717) is 28.6 Å². The summed E-state index contributed by atoms with van der Waals surface area (Å²) in [6.07, 6.45) is 1.83. The Bertz CT molecular complexity index is 634. The van der Waals surface area contributed by atoms with E-state index in [1.807, 2.05) is 6.92 Å². The van der Waals surface area contributed by atoms with Gasteiger partial charge < -0.3 is 5.11 Å². The Morgan fingerprint density at radius 2 is 2.15 bits per heavy atom. The zero-order valence-electron chi connectivity index (χ0n) is 10.8. The van der Waals surface area contributed by atoms with Gasteiger partial charge in [0.2, 0.25) is 0 Å². The van der Waals surface area contributed by atoms with Crippen LogP contribution in [0.5, 0.6) is 0 Å². The first kappa shape index (κ1) is 14.5. The summed E-state index contributed by atoms with van der Waals surface area (Å²) in [6, 6.07) is 6.48. The van der Waals surface area contributed by atoms with Gasteiger partial charge in [0.25, 0.3) is 0 Å². The summed E-state index contributed by atoms with van der Waals surface area (Å²) in [5, 5.41) is 9.00. The number of thioether (sulfide) groups is 1. The number of hydrogen-bond donors (Lipinski definition) is 1. The van der Waals surface area contributed by atoms with Gasteiger partial charge in [-0.15, -0.1) is 11.8 Å². The normalized spacial score (nSPS) is 10.5. The highest BCUT2D eigenvalue weighted by Crippen LogP contribution is 2.24. The van der Waals surface area contributed by atoms with E-state index in [0.717, 1.165) is 0 Å². The average molecular weight is 292 g/mol. The second-order valence-corrected chi connectivity index (χ2v) is 5.04. The molecule has 0 aliphatic heterocycles. The Balaban J connectivity index is 2.15. The van der Waals surface area contributed by atoms with Crippen LogP contribution in [0, 0.1) is 5.82 Å². The van der Waals surface area contributed by atoms with Crippen LogP contribution in [-0.2, 0) is 12.2 Å². The van der Waals surface area contributed by atoms with Gasteiger partial charge in [-0.1, -0.05) is 19.1 Å². The summed E-state index contributed by atoms with van der Waals surface area (Å²) in [4.78, 5) is 19.7. The zero-order valence-corrected chi connectivity index (χ0v) is 11.7. The molecule has 20 heavy (non-hydrogen) atoms. The molecule has 0 saturated heterocycles. The van der Waals surface area contributed by atoms with Gasteiger partial charge >= 0.3 is 5.97 Å². The van der Waals surface area contributed by atoms with Crippen LogP contribution in [0.15, 0.2) is 35.4 Å². The van der Waals surface area contributed by atoms with Gasteiger partial charge in [0.05, 0.1) is 17.0 Å². The Morgan fingerprint density at radius 3 is 2.80 bits per heavy atom. The number of nitrogens with zero attached hydrogens (tertiary/aromatic N) is 2. The molecular weight excluding hydrogens is 279 g/mol. The highest BCUT2D eigenvalue weighted by Gasteiger charge is 2.12. The van der Waals surface area contributed by atoms with Crippen LogP contribution in [0.25, 0.3) is 0 Å². The van der Waals surface area contributed by atoms with Crippen molar-refractivity contribution >= 4 is 17.7 Å². The molecule has 0 bridgehead atoms. The molecule has 0 spiro atoms. The average Bonchev–Trinajstić information content (AvgIpc) is 2.46. The zero-order chi connectivity index (χ0) is 14.5. The van der Waals surface area contributed by atoms with E-state index in [1.54, 1.807) is 18.2 Å². The summed E-state index contributed by atoms with van der Waals surface area (Å²) < 4.78 is 13.5. The molecule has 1 N–H and O–H groups in total. The fraction of sp³-hybridized carbons (Fsp3) is 0.214. The number of aromatic carboxylic acids is 1. The molecule has 0 amide bonds. The van der Waals surface area contributed by atoms with Gasteiger partial charge in [-0.25, -0.2) is 19.2 Å². The quantitative estimate of drug-likeness (QED) is 0.858. The minimum Gasteiger partial charge on any atom is -0.478 e. The van der Waals surface area contributed by atoms with E-state index in [-0.39, 0.29) is 11.4 Å². The van der Waals surface area contributed by atoms with Crippen molar-refractivity contribution in [1.82, 2.24) is 9.97 Å². The fourth-order valence-electron chi connectivity index (χ4n) is 1.68. The molecule has 6 heteroatoms. The van der Waals surface area contributed by atoms with E-state index in [4.69, 9.17) is 5.11 Å². The number of rotatable bonds is 5. The molecule has 1 aromatic heterocycles. The second kappa shape index (κ2) is 6.47. The third-order valence-electron chi connectivity index (χ3n) is 2.68. The molecule has 4 nitrogen and oxygen atoms in total. The first-order valence-corrected chi connectivity index (χ1v) is 7.05. The maximum Gasteiger partial charge on any atom is 0.339 e. The van der Waals surface area contributed by atoms with E-state index in [1.165, 1.54) is 24.0 Å². The van der Waals surface area contributed by atoms with Gasteiger partial charge in [-0.2, -0.15) is 0 Å². The van der Waals surface area contributed by atoms with E-state index in [2.05, 4.69) is 9.97 Å². The van der Waals surface area contributed by atoms with Gasteiger partial charge in [0.15, 0.2) is 0 Å². The molecule has 0 fully saturated rings. The van der Waals surface area contributed by atoms with Crippen LogP contribution < -0.4 is 0 Å². The molecule has 0 unspecified atom stereocenters. The topological polar surface area (TPSA) is 63.1 Å². The molecule has 2 rings (SSSR count). The molecule has 0 atom stereocenters. The molecular formula is C14H13FN2O2S. The number of hydrogen-bond acceptors (Lipinski definition) is 4. The van der Waals surface area contributed by atoms with E-state index < -0.39 is 5.97 Å². The van der Waals surface area contributed by atoms with Gasteiger partial charge in [-0.3, -0.25) is 0 Å². The minimum absolute atomic E-state index is 0.118. The smallest absolute Gasteiger partial charge is 0.339 e. The third-order valence-corrected chi connectivity index (χ3v) is 3.72. The molecule has 2 aromatic rings. The maximum atomic E-state index is 13.5. The van der Waals surface area contributed by atoms with Crippen molar-refractivity contribution in [3.63, 3.8) is 0 Å². The van der Waals surface area contributed by atoms with Crippen LogP contribution in [0.1, 0.15) is 28.8 Å². The number of carboxylic acids is 1. The number of aryl methyl sites for hydroxylation is 1. The van der Waals surface area contributed by atoms with Crippen molar-refractivity contribution in [1.29, 1.82) is 0 Å².